The van der Waals surface area contributed by atoms with Crippen molar-refractivity contribution < 1.29 is 4.74 Å². The van der Waals surface area contributed by atoms with Crippen molar-refractivity contribution in [3.63, 3.8) is 0 Å². The Morgan fingerprint density at radius 2 is 2.05 bits per heavy atom. The van der Waals surface area contributed by atoms with Crippen LogP contribution in [0.1, 0.15) is 18.9 Å². The van der Waals surface area contributed by atoms with Crippen LogP contribution in [0.15, 0.2) is 36.7 Å². The van der Waals surface area contributed by atoms with Crippen LogP contribution in [0.3, 0.4) is 0 Å². The maximum absolute atomic E-state index is 8.91. The molecule has 1 heterocycles. The Kier molecular flexibility index (Phi) is 4.99. The maximum atomic E-state index is 8.91. The molecule has 0 aliphatic carbocycles. The Labute approximate surface area is 124 Å². The van der Waals surface area contributed by atoms with Gasteiger partial charge in [0, 0.05) is 12.6 Å². The third-order valence-corrected chi connectivity index (χ3v) is 2.93. The second kappa shape index (κ2) is 7.15. The van der Waals surface area contributed by atoms with E-state index in [1.807, 2.05) is 12.1 Å². The standard InChI is InChI=1S/C16H18N4O/c1-3-6-19-13-8-14(11-18-10-13)20-15-5-4-12(9-17)7-16(15)21-2/h4-5,7-8,10-11,19-20H,3,6H2,1-2H3. The molecule has 0 bridgehead atoms. The SMILES string of the molecule is CCCNc1cncc(Nc2ccc(C#N)cc2OC)c1. The predicted octanol–water partition coefficient (Wildman–Crippen LogP) is 3.53. The molecular formula is C16H18N4O. The highest BCUT2D eigenvalue weighted by Crippen LogP contribution is 2.29. The summed E-state index contributed by atoms with van der Waals surface area (Å²) in [5.74, 6) is 0.626. The number of hydrogen-bond acceptors (Lipinski definition) is 5. The van der Waals surface area contributed by atoms with Gasteiger partial charge in [0.05, 0.1) is 48.2 Å². The summed E-state index contributed by atoms with van der Waals surface area (Å²) in [6.07, 6.45) is 4.59. The normalized spacial score (nSPS) is 9.76. The van der Waals surface area contributed by atoms with Crippen LogP contribution < -0.4 is 15.4 Å². The fourth-order valence-electron chi connectivity index (χ4n) is 1.89. The highest BCUT2D eigenvalue weighted by Gasteiger charge is 2.05. The summed E-state index contributed by atoms with van der Waals surface area (Å²) in [6, 6.07) is 9.36. The fourth-order valence-corrected chi connectivity index (χ4v) is 1.89. The lowest BCUT2D eigenvalue weighted by atomic mass is 10.2. The number of nitriles is 1. The molecule has 0 unspecified atom stereocenters. The number of methoxy groups -OCH3 is 1. The second-order valence-corrected chi connectivity index (χ2v) is 4.54. The summed E-state index contributed by atoms with van der Waals surface area (Å²) in [6.45, 7) is 3.02. The maximum Gasteiger partial charge on any atom is 0.143 e. The highest BCUT2D eigenvalue weighted by molar-refractivity contribution is 5.69. The lowest BCUT2D eigenvalue weighted by Gasteiger charge is -2.12. The van der Waals surface area contributed by atoms with Crippen molar-refractivity contribution in [2.45, 2.75) is 13.3 Å². The van der Waals surface area contributed by atoms with Crippen LogP contribution in [0.25, 0.3) is 0 Å². The first-order valence-electron chi connectivity index (χ1n) is 6.81. The molecule has 0 saturated carbocycles. The molecule has 2 N–H and O–H groups in total. The average molecular weight is 282 g/mol. The first-order valence-corrected chi connectivity index (χ1v) is 6.81. The van der Waals surface area contributed by atoms with E-state index in [1.165, 1.54) is 0 Å². The largest absolute Gasteiger partial charge is 0.495 e. The van der Waals surface area contributed by atoms with Gasteiger partial charge in [0.2, 0.25) is 0 Å². The number of aromatic nitrogens is 1. The molecule has 0 fully saturated rings. The van der Waals surface area contributed by atoms with Crippen LogP contribution in [-0.2, 0) is 0 Å². The fraction of sp³-hybridized carbons (Fsp3) is 0.250. The van der Waals surface area contributed by atoms with Gasteiger partial charge in [-0.25, -0.2) is 0 Å². The zero-order valence-corrected chi connectivity index (χ0v) is 12.2. The minimum atomic E-state index is 0.564. The molecule has 0 saturated heterocycles. The van der Waals surface area contributed by atoms with Crippen LogP contribution in [0.2, 0.25) is 0 Å². The van der Waals surface area contributed by atoms with Gasteiger partial charge in [-0.15, -0.1) is 0 Å². The van der Waals surface area contributed by atoms with E-state index in [1.54, 1.807) is 31.6 Å². The molecule has 0 spiro atoms. The van der Waals surface area contributed by atoms with Gasteiger partial charge in [0.15, 0.2) is 0 Å². The molecule has 1 aromatic carbocycles. The van der Waals surface area contributed by atoms with E-state index in [0.717, 1.165) is 30.0 Å². The molecule has 0 aliphatic rings. The van der Waals surface area contributed by atoms with Crippen LogP contribution in [0.4, 0.5) is 17.1 Å². The molecule has 2 aromatic rings. The molecule has 1 aromatic heterocycles. The van der Waals surface area contributed by atoms with E-state index in [9.17, 15) is 0 Å². The van der Waals surface area contributed by atoms with E-state index in [2.05, 4.69) is 28.6 Å². The van der Waals surface area contributed by atoms with E-state index < -0.39 is 0 Å². The number of nitrogens with zero attached hydrogens (tertiary/aromatic N) is 2. The van der Waals surface area contributed by atoms with Crippen molar-refractivity contribution in [3.05, 3.63) is 42.2 Å². The quantitative estimate of drug-likeness (QED) is 0.848. The number of rotatable bonds is 6. The average Bonchev–Trinajstić information content (AvgIpc) is 2.53. The third-order valence-electron chi connectivity index (χ3n) is 2.93. The van der Waals surface area contributed by atoms with Crippen molar-refractivity contribution in [2.75, 3.05) is 24.3 Å². The van der Waals surface area contributed by atoms with Gasteiger partial charge in [-0.05, 0) is 24.6 Å². The summed E-state index contributed by atoms with van der Waals surface area (Å²) >= 11 is 0. The number of nitrogens with one attached hydrogen (secondary N) is 2. The topological polar surface area (TPSA) is 70.0 Å². The Morgan fingerprint density at radius 3 is 2.76 bits per heavy atom. The number of anilines is 3. The van der Waals surface area contributed by atoms with Gasteiger partial charge in [0.25, 0.3) is 0 Å². The van der Waals surface area contributed by atoms with Crippen molar-refractivity contribution in [1.29, 1.82) is 5.26 Å². The highest BCUT2D eigenvalue weighted by atomic mass is 16.5. The zero-order valence-electron chi connectivity index (χ0n) is 12.2. The second-order valence-electron chi connectivity index (χ2n) is 4.54. The van der Waals surface area contributed by atoms with Gasteiger partial charge < -0.3 is 15.4 Å². The van der Waals surface area contributed by atoms with Crippen LogP contribution in [-0.4, -0.2) is 18.6 Å². The smallest absolute Gasteiger partial charge is 0.143 e. The van der Waals surface area contributed by atoms with E-state index in [0.29, 0.717) is 11.3 Å². The van der Waals surface area contributed by atoms with Gasteiger partial charge in [0.1, 0.15) is 5.75 Å². The van der Waals surface area contributed by atoms with Gasteiger partial charge in [-0.3, -0.25) is 4.98 Å². The molecule has 2 rings (SSSR count). The third kappa shape index (κ3) is 3.86. The van der Waals surface area contributed by atoms with E-state index in [4.69, 9.17) is 10.00 Å². The molecule has 0 amide bonds. The molecule has 21 heavy (non-hydrogen) atoms. The molecule has 5 nitrogen and oxygen atoms in total. The number of hydrogen-bond donors (Lipinski definition) is 2. The minimum absolute atomic E-state index is 0.564. The Hall–Kier alpha value is -2.74. The lowest BCUT2D eigenvalue weighted by Crippen LogP contribution is -2.01. The summed E-state index contributed by atoms with van der Waals surface area (Å²) in [5.41, 5.74) is 3.19. The number of pyridine rings is 1. The monoisotopic (exact) mass is 282 g/mol. The Morgan fingerprint density at radius 1 is 1.24 bits per heavy atom. The molecule has 5 heteroatoms. The first kappa shape index (κ1) is 14.7. The summed E-state index contributed by atoms with van der Waals surface area (Å²) in [4.78, 5) is 4.20. The lowest BCUT2D eigenvalue weighted by molar-refractivity contribution is 0.416. The van der Waals surface area contributed by atoms with Gasteiger partial charge >= 0.3 is 0 Å². The molecule has 0 aliphatic heterocycles. The predicted molar refractivity (Wildman–Crippen MR) is 84.0 cm³/mol. The van der Waals surface area contributed by atoms with Crippen LogP contribution in [0.5, 0.6) is 5.75 Å². The molecule has 0 atom stereocenters. The van der Waals surface area contributed by atoms with E-state index in [-0.39, 0.29) is 0 Å². The van der Waals surface area contributed by atoms with Crippen molar-refractivity contribution in [1.82, 2.24) is 4.98 Å². The van der Waals surface area contributed by atoms with Gasteiger partial charge in [-0.1, -0.05) is 6.92 Å². The minimum Gasteiger partial charge on any atom is -0.495 e. The molecular weight excluding hydrogens is 264 g/mol. The summed E-state index contributed by atoms with van der Waals surface area (Å²) in [5, 5.41) is 15.5. The summed E-state index contributed by atoms with van der Waals surface area (Å²) in [7, 11) is 1.58. The van der Waals surface area contributed by atoms with Crippen LogP contribution >= 0.6 is 0 Å². The number of ether oxygens (including phenoxy) is 1. The van der Waals surface area contributed by atoms with Crippen molar-refractivity contribution >= 4 is 17.1 Å². The van der Waals surface area contributed by atoms with Crippen LogP contribution in [0, 0.1) is 11.3 Å². The Balaban J connectivity index is 2.20. The number of benzene rings is 1. The van der Waals surface area contributed by atoms with Gasteiger partial charge in [-0.2, -0.15) is 5.26 Å². The molecule has 0 radical (unpaired) electrons. The van der Waals surface area contributed by atoms with Crippen molar-refractivity contribution in [3.8, 4) is 11.8 Å². The zero-order chi connectivity index (χ0) is 15.1. The van der Waals surface area contributed by atoms with Crippen molar-refractivity contribution in [2.24, 2.45) is 0 Å². The Bertz CT molecular complexity index is 649. The van der Waals surface area contributed by atoms with E-state index >= 15 is 0 Å². The first-order chi connectivity index (χ1) is 10.3. The summed E-state index contributed by atoms with van der Waals surface area (Å²) < 4.78 is 5.31. The molecule has 108 valence electrons.